The molecule has 0 aliphatic rings. The van der Waals surface area contributed by atoms with Crippen LogP contribution in [0.15, 0.2) is 134 Å². The van der Waals surface area contributed by atoms with Crippen LogP contribution in [0, 0.1) is 0 Å². The second-order valence-electron chi connectivity index (χ2n) is 25.2. The van der Waals surface area contributed by atoms with Crippen molar-refractivity contribution in [3.63, 3.8) is 0 Å². The number of carbonyl (C=O) groups excluding carboxylic acids is 4. The SMILES string of the molecule is CC/C=C\C/C=C\C/C=C\C/C=C\C/C=C\CCCCCC(=O)OCC(COP(=O)(O)OCC(O)COP(=O)(O)OCC(COC(=O)CCCCCCC/C=C\CCCCCC)OC(=O)CCCCCCCCCCCCC)OC(=O)CCC/C=C\C/C=C\C/C=C\C/C=C\C/C=C\CC. The smallest absolute Gasteiger partial charge is 0.462 e. The van der Waals surface area contributed by atoms with Gasteiger partial charge >= 0.3 is 39.5 Å². The number of esters is 4. The molecule has 5 atom stereocenters. The standard InChI is InChI=1S/C81H136O17P2/c1-5-9-13-17-21-25-29-32-34-36-37-39-40-43-47-50-54-58-62-66-79(84)92-72-77(98-81(86)68-64-60-56-52-48-44-41-38-35-33-30-26-22-18-14-10-6-2)74-96-100(89,90)94-70-75(82)69-93-99(87,88)95-73-76(97-80(85)67-63-59-55-51-45-28-24-20-16-12-8-4)71-91-78(83)65-61-57-53-49-46-42-31-27-23-19-15-11-7-3/h9-10,13-14,21-22,25-27,31-35,37,39,41,43-44,47,52,56,75-77,82H,5-8,11-12,15-20,23-24,28-30,36,38,40,42,45-46,48-51,53-55,57-74H2,1-4H3,(H,87,88)(H,89,90)/b13-9-,14-10-,25-21-,26-22-,31-27-,34-32-,35-33-,39-37-,44-41-,47-43-,56-52-. The van der Waals surface area contributed by atoms with Crippen molar-refractivity contribution in [1.29, 1.82) is 0 Å². The van der Waals surface area contributed by atoms with E-state index < -0.39 is 97.5 Å². The summed E-state index contributed by atoms with van der Waals surface area (Å²) in [6.07, 6.45) is 80.3. The fourth-order valence-corrected chi connectivity index (χ4v) is 11.4. The van der Waals surface area contributed by atoms with Gasteiger partial charge in [0, 0.05) is 25.7 Å². The van der Waals surface area contributed by atoms with Gasteiger partial charge in [0.05, 0.1) is 26.4 Å². The van der Waals surface area contributed by atoms with Crippen LogP contribution in [0.3, 0.4) is 0 Å². The zero-order valence-corrected chi connectivity index (χ0v) is 64.1. The molecule has 0 radical (unpaired) electrons. The lowest BCUT2D eigenvalue weighted by atomic mass is 10.1. The van der Waals surface area contributed by atoms with E-state index in [2.05, 4.69) is 149 Å². The molecule has 0 fully saturated rings. The highest BCUT2D eigenvalue weighted by molar-refractivity contribution is 7.47. The van der Waals surface area contributed by atoms with Gasteiger partial charge in [-0.2, -0.15) is 0 Å². The number of aliphatic hydroxyl groups excluding tert-OH is 1. The summed E-state index contributed by atoms with van der Waals surface area (Å²) in [6, 6.07) is 0. The van der Waals surface area contributed by atoms with Crippen LogP contribution >= 0.6 is 15.6 Å². The average molecular weight is 1440 g/mol. The van der Waals surface area contributed by atoms with E-state index >= 15 is 0 Å². The van der Waals surface area contributed by atoms with Crippen molar-refractivity contribution in [1.82, 2.24) is 0 Å². The van der Waals surface area contributed by atoms with Gasteiger partial charge in [-0.15, -0.1) is 0 Å². The Hall–Kier alpha value is -4.80. The minimum absolute atomic E-state index is 0.00547. The summed E-state index contributed by atoms with van der Waals surface area (Å²) < 4.78 is 68.4. The van der Waals surface area contributed by atoms with Gasteiger partial charge in [-0.05, 0) is 135 Å². The Balaban J connectivity index is 5.43. The van der Waals surface area contributed by atoms with Crippen molar-refractivity contribution in [2.45, 2.75) is 316 Å². The van der Waals surface area contributed by atoms with E-state index in [-0.39, 0.29) is 25.7 Å². The lowest BCUT2D eigenvalue weighted by Gasteiger charge is -2.21. The molecule has 0 amide bonds. The summed E-state index contributed by atoms with van der Waals surface area (Å²) >= 11 is 0. The first-order chi connectivity index (χ1) is 48.7. The molecule has 0 aliphatic heterocycles. The van der Waals surface area contributed by atoms with E-state index in [4.69, 9.17) is 37.0 Å². The molecule has 0 aromatic rings. The molecule has 0 bridgehead atoms. The van der Waals surface area contributed by atoms with Crippen molar-refractivity contribution in [2.75, 3.05) is 39.6 Å². The van der Waals surface area contributed by atoms with E-state index in [1.54, 1.807) is 0 Å². The number of phosphoric ester groups is 2. The van der Waals surface area contributed by atoms with Crippen molar-refractivity contribution < 1.29 is 80.2 Å². The Kier molecular flexibility index (Phi) is 69.1. The maximum Gasteiger partial charge on any atom is 0.472 e. The highest BCUT2D eigenvalue weighted by Crippen LogP contribution is 2.45. The van der Waals surface area contributed by atoms with Crippen LogP contribution in [0.4, 0.5) is 0 Å². The number of aliphatic hydroxyl groups is 1. The van der Waals surface area contributed by atoms with Crippen molar-refractivity contribution in [3.05, 3.63) is 134 Å². The average Bonchev–Trinajstić information content (AvgIpc) is 0.930. The van der Waals surface area contributed by atoms with Crippen LogP contribution in [0.25, 0.3) is 0 Å². The first kappa shape index (κ1) is 95.2. The summed E-state index contributed by atoms with van der Waals surface area (Å²) in [7, 11) is -9.98. The minimum atomic E-state index is -5.00. The summed E-state index contributed by atoms with van der Waals surface area (Å²) in [5.74, 6) is -2.29. The molecule has 100 heavy (non-hydrogen) atoms. The molecule has 17 nitrogen and oxygen atoms in total. The molecule has 0 heterocycles. The van der Waals surface area contributed by atoms with E-state index in [1.165, 1.54) is 64.2 Å². The number of unbranched alkanes of at least 4 members (excludes halogenated alkanes) is 23. The van der Waals surface area contributed by atoms with Crippen LogP contribution in [0.5, 0.6) is 0 Å². The van der Waals surface area contributed by atoms with Gasteiger partial charge in [-0.25, -0.2) is 9.13 Å². The van der Waals surface area contributed by atoms with Crippen molar-refractivity contribution in [3.8, 4) is 0 Å². The lowest BCUT2D eigenvalue weighted by molar-refractivity contribution is -0.161. The molecule has 0 rings (SSSR count). The van der Waals surface area contributed by atoms with Crippen LogP contribution in [-0.4, -0.2) is 96.7 Å². The summed E-state index contributed by atoms with van der Waals surface area (Å²) in [4.78, 5) is 72.8. The minimum Gasteiger partial charge on any atom is -0.462 e. The Bertz CT molecular complexity index is 2420. The number of allylic oxidation sites excluding steroid dienone is 22. The fraction of sp³-hybridized carbons (Fsp3) is 0.679. The number of rotatable bonds is 71. The molecule has 0 aliphatic carbocycles. The normalized spacial score (nSPS) is 14.7. The maximum atomic E-state index is 13.1. The number of ether oxygens (including phenoxy) is 4. The Morgan fingerprint density at radius 2 is 0.530 bits per heavy atom. The number of hydrogen-bond donors (Lipinski definition) is 3. The van der Waals surface area contributed by atoms with Crippen molar-refractivity contribution in [2.24, 2.45) is 0 Å². The Morgan fingerprint density at radius 1 is 0.290 bits per heavy atom. The van der Waals surface area contributed by atoms with E-state index in [0.29, 0.717) is 32.1 Å². The quantitative estimate of drug-likeness (QED) is 0.0169. The highest BCUT2D eigenvalue weighted by atomic mass is 31.2. The first-order valence-corrected chi connectivity index (χ1v) is 41.4. The third kappa shape index (κ3) is 71.6. The van der Waals surface area contributed by atoms with E-state index in [9.17, 15) is 43.2 Å². The molecule has 5 unspecified atom stereocenters. The van der Waals surface area contributed by atoms with Crippen LogP contribution in [0.2, 0.25) is 0 Å². The van der Waals surface area contributed by atoms with Crippen LogP contribution in [-0.2, 0) is 65.4 Å². The molecule has 0 spiro atoms. The predicted molar refractivity (Wildman–Crippen MR) is 408 cm³/mol. The number of carbonyl (C=O) groups is 4. The zero-order chi connectivity index (χ0) is 73.2. The molecule has 0 aromatic heterocycles. The Morgan fingerprint density at radius 3 is 0.870 bits per heavy atom. The first-order valence-electron chi connectivity index (χ1n) is 38.4. The Labute approximate surface area is 605 Å². The third-order valence-electron chi connectivity index (χ3n) is 15.6. The molecule has 0 saturated carbocycles. The summed E-state index contributed by atoms with van der Waals surface area (Å²) in [5, 5.41) is 10.6. The lowest BCUT2D eigenvalue weighted by Crippen LogP contribution is -2.30. The molecule has 0 saturated heterocycles. The third-order valence-corrected chi connectivity index (χ3v) is 17.5. The molecule has 0 aromatic carbocycles. The molecular weight excluding hydrogens is 1310 g/mol. The molecule has 3 N–H and O–H groups in total. The second kappa shape index (κ2) is 72.5. The second-order valence-corrected chi connectivity index (χ2v) is 28.1. The summed E-state index contributed by atoms with van der Waals surface area (Å²) in [6.45, 7) is 4.51. The monoisotopic (exact) mass is 1440 g/mol. The van der Waals surface area contributed by atoms with Crippen LogP contribution < -0.4 is 0 Å². The number of phosphoric acid groups is 2. The fourth-order valence-electron chi connectivity index (χ4n) is 9.81. The zero-order valence-electron chi connectivity index (χ0n) is 62.3. The van der Waals surface area contributed by atoms with Gasteiger partial charge in [0.25, 0.3) is 0 Å². The maximum absolute atomic E-state index is 13.1. The molecule has 19 heteroatoms. The van der Waals surface area contributed by atoms with E-state index in [1.807, 2.05) is 12.2 Å². The molecular formula is C81H136O17P2. The highest BCUT2D eigenvalue weighted by Gasteiger charge is 2.30. The van der Waals surface area contributed by atoms with Gasteiger partial charge in [-0.3, -0.25) is 37.3 Å². The van der Waals surface area contributed by atoms with Gasteiger partial charge < -0.3 is 33.8 Å². The van der Waals surface area contributed by atoms with Crippen molar-refractivity contribution >= 4 is 39.5 Å². The predicted octanol–water partition coefficient (Wildman–Crippen LogP) is 22.1. The summed E-state index contributed by atoms with van der Waals surface area (Å²) in [5.41, 5.74) is 0. The van der Waals surface area contributed by atoms with Crippen LogP contribution in [0.1, 0.15) is 297 Å². The molecule has 572 valence electrons. The van der Waals surface area contributed by atoms with Gasteiger partial charge in [0.15, 0.2) is 12.2 Å². The topological polar surface area (TPSA) is 237 Å². The van der Waals surface area contributed by atoms with E-state index in [0.717, 1.165) is 148 Å². The number of hydrogen-bond acceptors (Lipinski definition) is 15. The van der Waals surface area contributed by atoms with Gasteiger partial charge in [0.1, 0.15) is 19.3 Å². The van der Waals surface area contributed by atoms with Gasteiger partial charge in [-0.1, -0.05) is 271 Å². The van der Waals surface area contributed by atoms with Gasteiger partial charge in [0.2, 0.25) is 0 Å². The largest absolute Gasteiger partial charge is 0.472 e.